The summed E-state index contributed by atoms with van der Waals surface area (Å²) in [5.74, 6) is -0.475. The third-order valence-corrected chi connectivity index (χ3v) is 4.70. The molecule has 6 heteroatoms. The zero-order valence-corrected chi connectivity index (χ0v) is 15.6. The van der Waals surface area contributed by atoms with E-state index in [9.17, 15) is 4.79 Å². The molecule has 0 saturated carbocycles. The van der Waals surface area contributed by atoms with Gasteiger partial charge in [-0.15, -0.1) is 0 Å². The minimum atomic E-state index is -0.606. The first-order valence-electron chi connectivity index (χ1n) is 8.91. The normalized spacial score (nSPS) is 16.9. The van der Waals surface area contributed by atoms with Gasteiger partial charge in [0.1, 0.15) is 0 Å². The molecule has 0 bridgehead atoms. The molecule has 138 valence electrons. The van der Waals surface area contributed by atoms with Crippen LogP contribution in [0.4, 0.5) is 0 Å². The molecular formula is C21H21N3O3. The summed E-state index contributed by atoms with van der Waals surface area (Å²) in [7, 11) is 0. The fourth-order valence-corrected chi connectivity index (χ4v) is 3.57. The van der Waals surface area contributed by atoms with E-state index in [1.807, 2.05) is 41.9 Å². The lowest BCUT2D eigenvalue weighted by molar-refractivity contribution is 0.0477. The maximum atomic E-state index is 12.1. The summed E-state index contributed by atoms with van der Waals surface area (Å²) in [6, 6.07) is 13.2. The molecule has 0 radical (unpaired) electrons. The monoisotopic (exact) mass is 363 g/mol. The quantitative estimate of drug-likeness (QED) is 0.514. The zero-order chi connectivity index (χ0) is 19.0. The Bertz CT molecular complexity index is 999. The van der Waals surface area contributed by atoms with Crippen LogP contribution in [0.1, 0.15) is 47.8 Å². The highest BCUT2D eigenvalue weighted by Crippen LogP contribution is 2.37. The summed E-state index contributed by atoms with van der Waals surface area (Å²) in [5.41, 5.74) is 4.64. The molecule has 6 nitrogen and oxygen atoms in total. The van der Waals surface area contributed by atoms with Gasteiger partial charge in [0, 0.05) is 5.56 Å². The van der Waals surface area contributed by atoms with Gasteiger partial charge in [0.05, 0.1) is 29.1 Å². The molecular weight excluding hydrogens is 342 g/mol. The Morgan fingerprint density at radius 3 is 2.67 bits per heavy atom. The number of nitrogens with zero attached hydrogens (tertiary/aromatic N) is 3. The number of para-hydroxylation sites is 1. The van der Waals surface area contributed by atoms with Gasteiger partial charge in [0.25, 0.3) is 0 Å². The molecule has 0 saturated heterocycles. The zero-order valence-electron chi connectivity index (χ0n) is 15.6. The average molecular weight is 363 g/mol. The third-order valence-electron chi connectivity index (χ3n) is 4.70. The van der Waals surface area contributed by atoms with E-state index in [-0.39, 0.29) is 11.2 Å². The van der Waals surface area contributed by atoms with Gasteiger partial charge in [-0.2, -0.15) is 5.10 Å². The van der Waals surface area contributed by atoms with Gasteiger partial charge in [0.15, 0.2) is 0 Å². The van der Waals surface area contributed by atoms with Crippen LogP contribution in [-0.2, 0) is 11.3 Å². The van der Waals surface area contributed by atoms with Crippen molar-refractivity contribution in [3.8, 4) is 5.69 Å². The van der Waals surface area contributed by atoms with Crippen LogP contribution in [0.2, 0.25) is 0 Å². The van der Waals surface area contributed by atoms with Crippen LogP contribution in [0.5, 0.6) is 0 Å². The molecule has 1 aromatic carbocycles. The number of rotatable bonds is 3. The first kappa shape index (κ1) is 17.3. The number of furan rings is 1. The van der Waals surface area contributed by atoms with Crippen LogP contribution in [0.15, 0.2) is 58.3 Å². The summed E-state index contributed by atoms with van der Waals surface area (Å²) < 4.78 is 7.04. The number of oxime groups is 1. The van der Waals surface area contributed by atoms with E-state index in [1.54, 1.807) is 12.1 Å². The van der Waals surface area contributed by atoms with Crippen LogP contribution in [0, 0.1) is 12.3 Å². The molecule has 0 amide bonds. The van der Waals surface area contributed by atoms with Gasteiger partial charge in [0.2, 0.25) is 5.76 Å². The maximum Gasteiger partial charge on any atom is 0.400 e. The van der Waals surface area contributed by atoms with Gasteiger partial charge in [-0.25, -0.2) is 9.48 Å². The van der Waals surface area contributed by atoms with Gasteiger partial charge >= 0.3 is 5.97 Å². The van der Waals surface area contributed by atoms with Crippen LogP contribution in [0.3, 0.4) is 0 Å². The fraction of sp³-hybridized carbons (Fsp3) is 0.286. The first-order valence-corrected chi connectivity index (χ1v) is 8.91. The van der Waals surface area contributed by atoms with Crippen molar-refractivity contribution >= 4 is 11.7 Å². The van der Waals surface area contributed by atoms with Crippen molar-refractivity contribution in [2.24, 2.45) is 10.6 Å². The summed E-state index contributed by atoms with van der Waals surface area (Å²) >= 11 is 0. The largest absolute Gasteiger partial charge is 0.457 e. The van der Waals surface area contributed by atoms with Crippen molar-refractivity contribution in [1.29, 1.82) is 0 Å². The van der Waals surface area contributed by atoms with Gasteiger partial charge < -0.3 is 9.25 Å². The SMILES string of the molecule is Cc1nn(-c2ccccc2)c2c1/C(=N/OC(=O)c1ccco1)CC(C)(C)C2. The maximum absolute atomic E-state index is 12.1. The molecule has 1 aliphatic carbocycles. The molecule has 0 N–H and O–H groups in total. The van der Waals surface area contributed by atoms with E-state index < -0.39 is 5.97 Å². The van der Waals surface area contributed by atoms with Crippen LogP contribution < -0.4 is 0 Å². The van der Waals surface area contributed by atoms with Gasteiger partial charge in [-0.3, -0.25) is 0 Å². The predicted octanol–water partition coefficient (Wildman–Crippen LogP) is 4.31. The van der Waals surface area contributed by atoms with E-state index in [4.69, 9.17) is 14.4 Å². The fourth-order valence-electron chi connectivity index (χ4n) is 3.57. The average Bonchev–Trinajstić information content (AvgIpc) is 3.28. The van der Waals surface area contributed by atoms with Crippen LogP contribution in [0.25, 0.3) is 5.69 Å². The molecule has 0 spiro atoms. The molecule has 2 heterocycles. The number of carbonyl (C=O) groups is 1. The summed E-state index contributed by atoms with van der Waals surface area (Å²) in [6.45, 7) is 6.31. The molecule has 27 heavy (non-hydrogen) atoms. The minimum Gasteiger partial charge on any atom is -0.457 e. The van der Waals surface area contributed by atoms with E-state index in [0.717, 1.165) is 34.8 Å². The molecule has 0 fully saturated rings. The molecule has 1 aliphatic rings. The number of benzene rings is 1. The first-order chi connectivity index (χ1) is 12.9. The third kappa shape index (κ3) is 3.30. The number of fused-ring (bicyclic) bond motifs is 1. The number of aryl methyl sites for hydroxylation is 1. The number of hydrogen-bond donors (Lipinski definition) is 0. The van der Waals surface area contributed by atoms with Crippen LogP contribution in [-0.4, -0.2) is 21.5 Å². The lowest BCUT2D eigenvalue weighted by atomic mass is 9.75. The van der Waals surface area contributed by atoms with Crippen molar-refractivity contribution in [3.05, 3.63) is 71.4 Å². The second-order valence-electron chi connectivity index (χ2n) is 7.57. The number of aromatic nitrogens is 2. The summed E-state index contributed by atoms with van der Waals surface area (Å²) in [5, 5.41) is 8.93. The van der Waals surface area contributed by atoms with Gasteiger partial charge in [-0.05, 0) is 49.4 Å². The Morgan fingerprint density at radius 2 is 1.96 bits per heavy atom. The Kier molecular flexibility index (Phi) is 4.18. The summed E-state index contributed by atoms with van der Waals surface area (Å²) in [4.78, 5) is 17.3. The summed E-state index contributed by atoms with van der Waals surface area (Å²) in [6.07, 6.45) is 3.00. The smallest absolute Gasteiger partial charge is 0.400 e. The van der Waals surface area contributed by atoms with E-state index >= 15 is 0 Å². The highest BCUT2D eigenvalue weighted by molar-refractivity contribution is 6.04. The van der Waals surface area contributed by atoms with Crippen LogP contribution >= 0.6 is 0 Å². The van der Waals surface area contributed by atoms with Crippen molar-refractivity contribution in [1.82, 2.24) is 9.78 Å². The van der Waals surface area contributed by atoms with Crippen molar-refractivity contribution in [2.45, 2.75) is 33.6 Å². The van der Waals surface area contributed by atoms with Gasteiger partial charge in [-0.1, -0.05) is 37.2 Å². The van der Waals surface area contributed by atoms with Crippen molar-refractivity contribution in [3.63, 3.8) is 0 Å². The molecule has 2 aromatic heterocycles. The number of hydrogen-bond acceptors (Lipinski definition) is 5. The Balaban J connectivity index is 1.75. The Hall–Kier alpha value is -3.15. The van der Waals surface area contributed by atoms with E-state index in [0.29, 0.717) is 6.42 Å². The van der Waals surface area contributed by atoms with E-state index in [2.05, 4.69) is 19.0 Å². The Morgan fingerprint density at radius 1 is 1.19 bits per heavy atom. The van der Waals surface area contributed by atoms with E-state index in [1.165, 1.54) is 6.26 Å². The predicted molar refractivity (Wildman–Crippen MR) is 101 cm³/mol. The van der Waals surface area contributed by atoms with Crippen molar-refractivity contribution < 1.29 is 14.0 Å². The second kappa shape index (κ2) is 6.54. The molecule has 0 aliphatic heterocycles. The molecule has 0 unspecified atom stereocenters. The Labute approximate surface area is 157 Å². The highest BCUT2D eigenvalue weighted by Gasteiger charge is 2.35. The van der Waals surface area contributed by atoms with Crippen molar-refractivity contribution in [2.75, 3.05) is 0 Å². The standard InChI is InChI=1S/C21H21N3O3/c1-14-19-16(23-27-20(25)18-10-7-11-26-18)12-21(2,3)13-17(19)24(22-14)15-8-5-4-6-9-15/h4-11H,12-13H2,1-3H3/b23-16+. The highest BCUT2D eigenvalue weighted by atomic mass is 16.7. The molecule has 4 rings (SSSR count). The lowest BCUT2D eigenvalue weighted by Crippen LogP contribution is -2.29. The minimum absolute atomic E-state index is 0.0259. The second-order valence-corrected chi connectivity index (χ2v) is 7.57. The lowest BCUT2D eigenvalue weighted by Gasteiger charge is -2.30. The molecule has 0 atom stereocenters. The number of carbonyl (C=O) groups excluding carboxylic acids is 1. The molecule has 3 aromatic rings. The topological polar surface area (TPSA) is 69.6 Å².